The summed E-state index contributed by atoms with van der Waals surface area (Å²) >= 11 is 1.41. The minimum atomic E-state index is -0.345. The van der Waals surface area contributed by atoms with E-state index < -0.39 is 0 Å². The number of thiazole rings is 1. The van der Waals surface area contributed by atoms with Crippen molar-refractivity contribution in [2.45, 2.75) is 41.2 Å². The third-order valence-electron chi connectivity index (χ3n) is 4.51. The van der Waals surface area contributed by atoms with Crippen LogP contribution in [0.25, 0.3) is 10.2 Å². The van der Waals surface area contributed by atoms with Crippen molar-refractivity contribution in [1.29, 1.82) is 0 Å². The van der Waals surface area contributed by atoms with E-state index in [1.54, 1.807) is 17.6 Å². The molecule has 1 amide bonds. The van der Waals surface area contributed by atoms with Gasteiger partial charge in [0.05, 0.1) is 16.8 Å². The van der Waals surface area contributed by atoms with Gasteiger partial charge in [0.25, 0.3) is 5.91 Å². The molecule has 0 bridgehead atoms. The minimum Gasteiger partial charge on any atom is -0.465 e. The van der Waals surface area contributed by atoms with E-state index in [4.69, 9.17) is 4.74 Å². The second-order valence-corrected chi connectivity index (χ2v) is 7.95. The smallest absolute Gasteiger partial charge is 0.326 e. The molecular formula is C22H24N2O3S. The van der Waals surface area contributed by atoms with Crippen LogP contribution in [0.5, 0.6) is 0 Å². The normalized spacial score (nSPS) is 11.8. The fraction of sp³-hybridized carbons (Fsp3) is 0.318. The van der Waals surface area contributed by atoms with Gasteiger partial charge in [0.15, 0.2) is 4.80 Å². The largest absolute Gasteiger partial charge is 0.465 e. The highest BCUT2D eigenvalue weighted by Gasteiger charge is 2.15. The van der Waals surface area contributed by atoms with Crippen LogP contribution in [0.4, 0.5) is 0 Å². The summed E-state index contributed by atoms with van der Waals surface area (Å²) in [5.74, 6) is -0.654. The Balaban J connectivity index is 2.18. The monoisotopic (exact) mass is 396 g/mol. The lowest BCUT2D eigenvalue weighted by molar-refractivity contribution is -0.143. The van der Waals surface area contributed by atoms with Gasteiger partial charge in [0.1, 0.15) is 6.54 Å². The molecule has 0 unspecified atom stereocenters. The zero-order valence-corrected chi connectivity index (χ0v) is 17.6. The van der Waals surface area contributed by atoms with Crippen LogP contribution in [-0.4, -0.2) is 23.1 Å². The molecule has 0 aliphatic heterocycles. The van der Waals surface area contributed by atoms with E-state index in [9.17, 15) is 9.59 Å². The average Bonchev–Trinajstić information content (AvgIpc) is 2.91. The predicted molar refractivity (Wildman–Crippen MR) is 112 cm³/mol. The summed E-state index contributed by atoms with van der Waals surface area (Å²) in [7, 11) is 0. The maximum absolute atomic E-state index is 12.8. The van der Waals surface area contributed by atoms with Crippen LogP contribution < -0.4 is 4.80 Å². The van der Waals surface area contributed by atoms with Crippen LogP contribution >= 0.6 is 11.3 Å². The Bertz CT molecular complexity index is 1140. The molecule has 1 heterocycles. The molecule has 0 atom stereocenters. The molecule has 3 aromatic rings. The number of aromatic nitrogens is 1. The molecule has 2 aromatic carbocycles. The number of esters is 1. The molecule has 3 rings (SSSR count). The highest BCUT2D eigenvalue weighted by atomic mass is 32.1. The number of fused-ring (bicyclic) bond motifs is 1. The van der Waals surface area contributed by atoms with Gasteiger partial charge in [-0.1, -0.05) is 35.1 Å². The van der Waals surface area contributed by atoms with Crippen molar-refractivity contribution in [3.05, 3.63) is 63.0 Å². The first kappa shape index (κ1) is 20.0. The van der Waals surface area contributed by atoms with Crippen molar-refractivity contribution < 1.29 is 14.3 Å². The van der Waals surface area contributed by atoms with Gasteiger partial charge in [-0.15, -0.1) is 0 Å². The number of amides is 1. The van der Waals surface area contributed by atoms with Crippen molar-refractivity contribution in [2.24, 2.45) is 4.99 Å². The number of rotatable bonds is 4. The number of carbonyl (C=O) groups is 2. The van der Waals surface area contributed by atoms with Gasteiger partial charge in [-0.2, -0.15) is 4.99 Å². The van der Waals surface area contributed by atoms with E-state index in [1.807, 2.05) is 39.8 Å². The van der Waals surface area contributed by atoms with Gasteiger partial charge in [0, 0.05) is 5.56 Å². The highest BCUT2D eigenvalue weighted by Crippen LogP contribution is 2.23. The SMILES string of the molecule is CCOC(=O)Cn1c(=NC(=O)c2ccc(C)cc2C)sc2cc(C)cc(C)c21. The van der Waals surface area contributed by atoms with Gasteiger partial charge in [0.2, 0.25) is 0 Å². The van der Waals surface area contributed by atoms with Gasteiger partial charge in [-0.3, -0.25) is 9.59 Å². The fourth-order valence-electron chi connectivity index (χ4n) is 3.36. The zero-order valence-electron chi connectivity index (χ0n) is 16.8. The summed E-state index contributed by atoms with van der Waals surface area (Å²) in [6, 6.07) is 9.78. The minimum absolute atomic E-state index is 0.0245. The van der Waals surface area contributed by atoms with Gasteiger partial charge in [-0.25, -0.2) is 0 Å². The van der Waals surface area contributed by atoms with E-state index in [2.05, 4.69) is 17.1 Å². The maximum Gasteiger partial charge on any atom is 0.326 e. The topological polar surface area (TPSA) is 60.7 Å². The van der Waals surface area contributed by atoms with Crippen molar-refractivity contribution in [1.82, 2.24) is 4.57 Å². The molecule has 6 heteroatoms. The van der Waals surface area contributed by atoms with Crippen LogP contribution in [0.3, 0.4) is 0 Å². The number of hydrogen-bond donors (Lipinski definition) is 0. The Kier molecular flexibility index (Phi) is 5.79. The molecule has 0 saturated heterocycles. The third kappa shape index (κ3) is 4.07. The first-order valence-corrected chi connectivity index (χ1v) is 10.0. The predicted octanol–water partition coefficient (Wildman–Crippen LogP) is 4.24. The number of nitrogens with zero attached hydrogens (tertiary/aromatic N) is 2. The lowest BCUT2D eigenvalue weighted by atomic mass is 10.1. The fourth-order valence-corrected chi connectivity index (χ4v) is 4.56. The molecule has 5 nitrogen and oxygen atoms in total. The van der Waals surface area contributed by atoms with E-state index in [1.165, 1.54) is 11.3 Å². The molecule has 0 N–H and O–H groups in total. The Morgan fingerprint density at radius 3 is 2.43 bits per heavy atom. The second-order valence-electron chi connectivity index (χ2n) is 6.94. The molecule has 28 heavy (non-hydrogen) atoms. The molecule has 0 aliphatic carbocycles. The van der Waals surface area contributed by atoms with E-state index >= 15 is 0 Å². The van der Waals surface area contributed by atoms with Crippen molar-refractivity contribution in [3.63, 3.8) is 0 Å². The van der Waals surface area contributed by atoms with Crippen LogP contribution in [0.2, 0.25) is 0 Å². The number of ether oxygens (including phenoxy) is 1. The summed E-state index contributed by atoms with van der Waals surface area (Å²) in [4.78, 5) is 29.9. The summed E-state index contributed by atoms with van der Waals surface area (Å²) < 4.78 is 7.90. The van der Waals surface area contributed by atoms with Crippen molar-refractivity contribution in [3.8, 4) is 0 Å². The van der Waals surface area contributed by atoms with Crippen molar-refractivity contribution in [2.75, 3.05) is 6.61 Å². The Labute approximate surface area is 168 Å². The molecule has 0 fully saturated rings. The Morgan fingerprint density at radius 1 is 1.04 bits per heavy atom. The number of aryl methyl sites for hydroxylation is 4. The van der Waals surface area contributed by atoms with Crippen molar-refractivity contribution >= 4 is 33.4 Å². The van der Waals surface area contributed by atoms with E-state index in [0.29, 0.717) is 17.0 Å². The average molecular weight is 397 g/mol. The number of hydrogen-bond acceptors (Lipinski definition) is 4. The van der Waals surface area contributed by atoms with Crippen LogP contribution in [0.15, 0.2) is 35.3 Å². The molecule has 146 valence electrons. The van der Waals surface area contributed by atoms with Gasteiger partial charge >= 0.3 is 5.97 Å². The van der Waals surface area contributed by atoms with Crippen LogP contribution in [0, 0.1) is 27.7 Å². The standard InChI is InChI=1S/C22H24N2O3S/c1-6-27-19(25)12-24-20-16(5)10-14(3)11-18(20)28-22(24)23-21(26)17-8-7-13(2)9-15(17)4/h7-11H,6,12H2,1-5H3. The highest BCUT2D eigenvalue weighted by molar-refractivity contribution is 7.16. The maximum atomic E-state index is 12.8. The zero-order chi connectivity index (χ0) is 20.4. The summed E-state index contributed by atoms with van der Waals surface area (Å²) in [5.41, 5.74) is 5.63. The summed E-state index contributed by atoms with van der Waals surface area (Å²) in [6.45, 7) is 10.0. The lowest BCUT2D eigenvalue weighted by Crippen LogP contribution is -2.23. The summed E-state index contributed by atoms with van der Waals surface area (Å²) in [5, 5.41) is 0. The second kappa shape index (κ2) is 8.10. The Hall–Kier alpha value is -2.73. The number of carbonyl (C=O) groups excluding carboxylic acids is 2. The molecule has 0 radical (unpaired) electrons. The Morgan fingerprint density at radius 2 is 1.75 bits per heavy atom. The van der Waals surface area contributed by atoms with E-state index in [0.717, 1.165) is 32.5 Å². The molecule has 0 aliphatic rings. The van der Waals surface area contributed by atoms with Crippen LogP contribution in [-0.2, 0) is 16.1 Å². The third-order valence-corrected chi connectivity index (χ3v) is 5.54. The van der Waals surface area contributed by atoms with Gasteiger partial charge < -0.3 is 9.30 Å². The quantitative estimate of drug-likeness (QED) is 0.620. The summed E-state index contributed by atoms with van der Waals surface area (Å²) in [6.07, 6.45) is 0. The molecule has 1 aromatic heterocycles. The molecule has 0 saturated carbocycles. The van der Waals surface area contributed by atoms with Crippen LogP contribution in [0.1, 0.15) is 39.5 Å². The molecule has 0 spiro atoms. The van der Waals surface area contributed by atoms with Gasteiger partial charge in [-0.05, 0) is 63.4 Å². The molecular weight excluding hydrogens is 372 g/mol. The first-order chi connectivity index (χ1) is 13.3. The van der Waals surface area contributed by atoms with E-state index in [-0.39, 0.29) is 18.4 Å². The first-order valence-electron chi connectivity index (χ1n) is 9.22. The number of benzene rings is 2. The lowest BCUT2D eigenvalue weighted by Gasteiger charge is -2.08.